The summed E-state index contributed by atoms with van der Waals surface area (Å²) in [6.07, 6.45) is 6.85. The smallest absolute Gasteiger partial charge is 0.00515 e. The van der Waals surface area contributed by atoms with Crippen LogP contribution in [-0.4, -0.2) is 6.54 Å². The van der Waals surface area contributed by atoms with E-state index in [9.17, 15) is 0 Å². The quantitative estimate of drug-likeness (QED) is 0.632. The normalized spacial score (nSPS) is 15.9. The SMILES string of the molecule is CC(C)CCCC(C)CCC(C)CN. The first kappa shape index (κ1) is 14.0. The Hall–Kier alpha value is -0.0400. The van der Waals surface area contributed by atoms with Crippen molar-refractivity contribution in [3.05, 3.63) is 0 Å². The molecular weight excluding hydrogens is 170 g/mol. The summed E-state index contributed by atoms with van der Waals surface area (Å²) >= 11 is 0. The Morgan fingerprint density at radius 2 is 1.36 bits per heavy atom. The lowest BCUT2D eigenvalue weighted by atomic mass is 9.93. The van der Waals surface area contributed by atoms with Crippen molar-refractivity contribution in [2.45, 2.75) is 59.8 Å². The third-order valence-electron chi connectivity index (χ3n) is 3.03. The topological polar surface area (TPSA) is 26.0 Å². The molecule has 0 saturated carbocycles. The molecule has 0 amide bonds. The van der Waals surface area contributed by atoms with Gasteiger partial charge in [0.25, 0.3) is 0 Å². The van der Waals surface area contributed by atoms with Crippen LogP contribution >= 0.6 is 0 Å². The Balaban J connectivity index is 3.32. The molecule has 0 aromatic rings. The summed E-state index contributed by atoms with van der Waals surface area (Å²) in [5, 5.41) is 0. The van der Waals surface area contributed by atoms with Crippen LogP contribution in [0.5, 0.6) is 0 Å². The van der Waals surface area contributed by atoms with Gasteiger partial charge in [0, 0.05) is 0 Å². The van der Waals surface area contributed by atoms with Crippen molar-refractivity contribution in [2.75, 3.05) is 6.54 Å². The Bertz CT molecular complexity index is 120. The van der Waals surface area contributed by atoms with Crippen molar-refractivity contribution in [1.29, 1.82) is 0 Å². The van der Waals surface area contributed by atoms with E-state index >= 15 is 0 Å². The second-order valence-electron chi connectivity index (χ2n) is 5.35. The summed E-state index contributed by atoms with van der Waals surface area (Å²) in [4.78, 5) is 0. The van der Waals surface area contributed by atoms with Gasteiger partial charge in [-0.05, 0) is 30.7 Å². The van der Waals surface area contributed by atoms with Gasteiger partial charge in [-0.3, -0.25) is 0 Å². The standard InChI is InChI=1S/C13H29N/c1-11(2)6-5-7-12(3)8-9-13(4)10-14/h11-13H,5-10,14H2,1-4H3. The average Bonchev–Trinajstić information content (AvgIpc) is 2.13. The molecule has 0 radical (unpaired) electrons. The van der Waals surface area contributed by atoms with E-state index < -0.39 is 0 Å². The van der Waals surface area contributed by atoms with Crippen molar-refractivity contribution < 1.29 is 0 Å². The third kappa shape index (κ3) is 8.55. The molecule has 2 atom stereocenters. The lowest BCUT2D eigenvalue weighted by molar-refractivity contribution is 0.393. The second-order valence-corrected chi connectivity index (χ2v) is 5.35. The van der Waals surface area contributed by atoms with Crippen LogP contribution in [0.2, 0.25) is 0 Å². The van der Waals surface area contributed by atoms with E-state index in [1.54, 1.807) is 0 Å². The number of hydrogen-bond acceptors (Lipinski definition) is 1. The highest BCUT2D eigenvalue weighted by Gasteiger charge is 2.05. The van der Waals surface area contributed by atoms with E-state index in [1.165, 1.54) is 32.1 Å². The maximum Gasteiger partial charge on any atom is -0.00515 e. The minimum Gasteiger partial charge on any atom is -0.330 e. The second kappa shape index (κ2) is 8.28. The maximum absolute atomic E-state index is 5.60. The first-order chi connectivity index (χ1) is 6.56. The summed E-state index contributed by atoms with van der Waals surface area (Å²) in [7, 11) is 0. The fourth-order valence-electron chi connectivity index (χ4n) is 1.71. The molecule has 0 aliphatic rings. The first-order valence-corrected chi connectivity index (χ1v) is 6.26. The minimum absolute atomic E-state index is 0.711. The average molecular weight is 199 g/mol. The molecule has 0 heterocycles. The Kier molecular flexibility index (Phi) is 8.26. The highest BCUT2D eigenvalue weighted by molar-refractivity contribution is 4.59. The number of hydrogen-bond donors (Lipinski definition) is 1. The lowest BCUT2D eigenvalue weighted by Crippen LogP contribution is -2.11. The van der Waals surface area contributed by atoms with Crippen LogP contribution in [-0.2, 0) is 0 Å². The maximum atomic E-state index is 5.60. The minimum atomic E-state index is 0.711. The van der Waals surface area contributed by atoms with E-state index in [4.69, 9.17) is 5.73 Å². The van der Waals surface area contributed by atoms with E-state index in [2.05, 4.69) is 27.7 Å². The Morgan fingerprint density at radius 3 is 1.86 bits per heavy atom. The van der Waals surface area contributed by atoms with Crippen LogP contribution in [0.3, 0.4) is 0 Å². The molecule has 0 rings (SSSR count). The van der Waals surface area contributed by atoms with Crippen LogP contribution in [0.15, 0.2) is 0 Å². The zero-order valence-electron chi connectivity index (χ0n) is 10.6. The fourth-order valence-corrected chi connectivity index (χ4v) is 1.71. The van der Waals surface area contributed by atoms with Gasteiger partial charge in [0.1, 0.15) is 0 Å². The third-order valence-corrected chi connectivity index (χ3v) is 3.03. The van der Waals surface area contributed by atoms with Gasteiger partial charge < -0.3 is 5.73 Å². The van der Waals surface area contributed by atoms with Crippen molar-refractivity contribution in [1.82, 2.24) is 0 Å². The summed E-state index contributed by atoms with van der Waals surface area (Å²) < 4.78 is 0. The van der Waals surface area contributed by atoms with E-state index in [1.807, 2.05) is 0 Å². The molecule has 0 fully saturated rings. The monoisotopic (exact) mass is 199 g/mol. The molecule has 2 N–H and O–H groups in total. The predicted octanol–water partition coefficient (Wildman–Crippen LogP) is 3.82. The number of rotatable bonds is 8. The highest BCUT2D eigenvalue weighted by Crippen LogP contribution is 2.18. The van der Waals surface area contributed by atoms with Crippen LogP contribution in [0, 0.1) is 17.8 Å². The summed E-state index contributed by atoms with van der Waals surface area (Å²) in [5.74, 6) is 2.47. The van der Waals surface area contributed by atoms with Crippen LogP contribution in [0.1, 0.15) is 59.8 Å². The predicted molar refractivity (Wildman–Crippen MR) is 65.3 cm³/mol. The van der Waals surface area contributed by atoms with Crippen molar-refractivity contribution in [3.8, 4) is 0 Å². The van der Waals surface area contributed by atoms with Gasteiger partial charge in [0.15, 0.2) is 0 Å². The van der Waals surface area contributed by atoms with Crippen LogP contribution in [0.4, 0.5) is 0 Å². The molecule has 14 heavy (non-hydrogen) atoms. The van der Waals surface area contributed by atoms with Gasteiger partial charge in [-0.2, -0.15) is 0 Å². The van der Waals surface area contributed by atoms with Gasteiger partial charge in [-0.15, -0.1) is 0 Å². The molecule has 0 aromatic carbocycles. The fraction of sp³-hybridized carbons (Fsp3) is 1.00. The summed E-state index contributed by atoms with van der Waals surface area (Å²) in [5.41, 5.74) is 5.60. The number of nitrogens with two attached hydrogens (primary N) is 1. The zero-order chi connectivity index (χ0) is 11.0. The van der Waals surface area contributed by atoms with Crippen LogP contribution < -0.4 is 5.73 Å². The summed E-state index contributed by atoms with van der Waals surface area (Å²) in [6, 6.07) is 0. The first-order valence-electron chi connectivity index (χ1n) is 6.26. The molecule has 0 aromatic heterocycles. The molecule has 2 unspecified atom stereocenters. The highest BCUT2D eigenvalue weighted by atomic mass is 14.5. The van der Waals surface area contributed by atoms with Gasteiger partial charge >= 0.3 is 0 Å². The molecule has 1 heteroatoms. The van der Waals surface area contributed by atoms with Gasteiger partial charge in [-0.25, -0.2) is 0 Å². The molecular formula is C13H29N. The molecule has 0 aliphatic carbocycles. The van der Waals surface area contributed by atoms with Crippen molar-refractivity contribution in [2.24, 2.45) is 23.5 Å². The summed E-state index contributed by atoms with van der Waals surface area (Å²) in [6.45, 7) is 10.1. The Morgan fingerprint density at radius 1 is 0.786 bits per heavy atom. The van der Waals surface area contributed by atoms with Crippen molar-refractivity contribution >= 4 is 0 Å². The lowest BCUT2D eigenvalue weighted by Gasteiger charge is -2.14. The molecule has 0 spiro atoms. The largest absolute Gasteiger partial charge is 0.330 e. The van der Waals surface area contributed by atoms with E-state index in [-0.39, 0.29) is 0 Å². The van der Waals surface area contributed by atoms with Gasteiger partial charge in [-0.1, -0.05) is 53.4 Å². The van der Waals surface area contributed by atoms with E-state index in [0.29, 0.717) is 5.92 Å². The zero-order valence-corrected chi connectivity index (χ0v) is 10.6. The van der Waals surface area contributed by atoms with E-state index in [0.717, 1.165) is 18.4 Å². The van der Waals surface area contributed by atoms with Crippen molar-refractivity contribution in [3.63, 3.8) is 0 Å². The molecule has 0 aliphatic heterocycles. The Labute approximate surface area is 90.5 Å². The van der Waals surface area contributed by atoms with Gasteiger partial charge in [0.05, 0.1) is 0 Å². The molecule has 0 saturated heterocycles. The van der Waals surface area contributed by atoms with Crippen LogP contribution in [0.25, 0.3) is 0 Å². The molecule has 0 bridgehead atoms. The van der Waals surface area contributed by atoms with Gasteiger partial charge in [0.2, 0.25) is 0 Å². The molecule has 1 nitrogen and oxygen atoms in total. The molecule has 86 valence electrons.